The average molecular weight is 537 g/mol. The van der Waals surface area contributed by atoms with Gasteiger partial charge in [-0.1, -0.05) is 23.3 Å². The highest BCUT2D eigenvalue weighted by atomic mass is 32.2. The van der Waals surface area contributed by atoms with E-state index in [0.717, 1.165) is 35.4 Å². The second-order valence-electron chi connectivity index (χ2n) is 10.2. The lowest BCUT2D eigenvalue weighted by Crippen LogP contribution is -2.53. The molecule has 3 saturated heterocycles. The Kier molecular flexibility index (Phi) is 6.85. The molecule has 10 nitrogen and oxygen atoms in total. The van der Waals surface area contributed by atoms with Gasteiger partial charge in [-0.25, -0.2) is 4.98 Å². The summed E-state index contributed by atoms with van der Waals surface area (Å²) < 4.78 is 24.1. The van der Waals surface area contributed by atoms with Crippen molar-refractivity contribution in [2.24, 2.45) is 0 Å². The predicted octanol–water partition coefficient (Wildman–Crippen LogP) is 2.00. The van der Waals surface area contributed by atoms with Crippen LogP contribution in [-0.4, -0.2) is 95.1 Å². The molecular weight excluding hydrogens is 504 g/mol. The molecule has 1 N–H and O–H groups in total. The zero-order chi connectivity index (χ0) is 26.3. The van der Waals surface area contributed by atoms with Gasteiger partial charge in [0.25, 0.3) is 5.91 Å². The van der Waals surface area contributed by atoms with E-state index in [1.165, 1.54) is 0 Å². The molecule has 5 heterocycles. The zero-order valence-electron chi connectivity index (χ0n) is 21.7. The number of hydrogen-bond donors (Lipinski definition) is 1. The van der Waals surface area contributed by atoms with Crippen LogP contribution in [0.5, 0.6) is 0 Å². The first kappa shape index (κ1) is 25.3. The Hall–Kier alpha value is -2.99. The Balaban J connectivity index is 1.43. The maximum absolute atomic E-state index is 12.2. The number of morpholine rings is 2. The van der Waals surface area contributed by atoms with Gasteiger partial charge in [0, 0.05) is 37.7 Å². The van der Waals surface area contributed by atoms with Crippen LogP contribution in [0.2, 0.25) is 0 Å². The van der Waals surface area contributed by atoms with Gasteiger partial charge >= 0.3 is 0 Å². The summed E-state index contributed by atoms with van der Waals surface area (Å²) in [4.78, 5) is 31.6. The second kappa shape index (κ2) is 10.3. The maximum atomic E-state index is 12.2. The minimum atomic E-state index is -0.852. The standard InChI is InChI=1S/C27H32N6O4S/c1-18-15-36-11-10-33(18)24-21-6-7-22(19-4-3-5-20(14-19)25(34)28-2)29-23(21)30-26(31-24)32-9-12-37-27(16-32)8-13-38(35)17-27/h3-7,14,18H,8-13,15-17H2,1-2H3,(H,28,34)/t18-,27-,38?/m0/s1. The first-order valence-corrected chi connectivity index (χ1v) is 14.5. The van der Waals surface area contributed by atoms with E-state index < -0.39 is 16.8 Å². The van der Waals surface area contributed by atoms with E-state index in [9.17, 15) is 9.35 Å². The molecule has 0 saturated carbocycles. The average Bonchev–Trinajstić information content (AvgIpc) is 3.30. The summed E-state index contributed by atoms with van der Waals surface area (Å²) in [6.45, 7) is 5.94. The fraction of sp³-hybridized carbons (Fsp3) is 0.481. The molecule has 3 aromatic rings. The van der Waals surface area contributed by atoms with E-state index in [4.69, 9.17) is 24.4 Å². The monoisotopic (exact) mass is 536 g/mol. The summed E-state index contributed by atoms with van der Waals surface area (Å²) in [7, 11) is 1.62. The molecule has 1 spiro atoms. The molecule has 0 aliphatic carbocycles. The summed E-state index contributed by atoms with van der Waals surface area (Å²) in [6.07, 6.45) is 0.779. The molecule has 3 atom stereocenters. The Morgan fingerprint density at radius 3 is 2.87 bits per heavy atom. The smallest absolute Gasteiger partial charge is 0.251 e. The van der Waals surface area contributed by atoms with Crippen LogP contribution < -0.4 is 15.1 Å². The normalized spacial score (nSPS) is 25.8. The molecule has 2 aromatic heterocycles. The number of carbonyl (C=O) groups is 1. The third kappa shape index (κ3) is 4.79. The van der Waals surface area contributed by atoms with Crippen molar-refractivity contribution in [3.63, 3.8) is 0 Å². The topological polar surface area (TPSA) is 116 Å². The fourth-order valence-corrected chi connectivity index (χ4v) is 7.15. The van der Waals surface area contributed by atoms with Crippen molar-refractivity contribution in [1.29, 1.82) is 0 Å². The van der Waals surface area contributed by atoms with Gasteiger partial charge in [0.2, 0.25) is 5.95 Å². The molecule has 200 valence electrons. The number of rotatable bonds is 4. The van der Waals surface area contributed by atoms with Gasteiger partial charge < -0.3 is 29.1 Å². The first-order chi connectivity index (χ1) is 18.4. The third-order valence-corrected chi connectivity index (χ3v) is 9.06. The number of nitrogens with one attached hydrogen (secondary N) is 1. The quantitative estimate of drug-likeness (QED) is 0.500. The maximum Gasteiger partial charge on any atom is 0.251 e. The number of anilines is 2. The van der Waals surface area contributed by atoms with Crippen LogP contribution in [0.4, 0.5) is 11.8 Å². The van der Waals surface area contributed by atoms with E-state index in [0.29, 0.717) is 61.6 Å². The summed E-state index contributed by atoms with van der Waals surface area (Å²) in [5.74, 6) is 2.53. The van der Waals surface area contributed by atoms with Gasteiger partial charge in [0.15, 0.2) is 5.65 Å². The van der Waals surface area contributed by atoms with Crippen molar-refractivity contribution < 1.29 is 18.8 Å². The highest BCUT2D eigenvalue weighted by Gasteiger charge is 2.47. The lowest BCUT2D eigenvalue weighted by molar-refractivity contribution is -0.0364. The molecule has 3 aliphatic heterocycles. The van der Waals surface area contributed by atoms with Crippen LogP contribution in [-0.2, 0) is 20.6 Å². The van der Waals surface area contributed by atoms with Crippen molar-refractivity contribution in [3.8, 4) is 11.3 Å². The number of nitrogens with zero attached hydrogens (tertiary/aromatic N) is 5. The minimum Gasteiger partial charge on any atom is -0.616 e. The van der Waals surface area contributed by atoms with Crippen molar-refractivity contribution >= 4 is 39.9 Å². The van der Waals surface area contributed by atoms with Crippen molar-refractivity contribution in [3.05, 3.63) is 42.0 Å². The summed E-state index contributed by atoms with van der Waals surface area (Å²) in [5, 5.41) is 3.55. The predicted molar refractivity (Wildman–Crippen MR) is 147 cm³/mol. The molecule has 0 bridgehead atoms. The molecule has 1 aromatic carbocycles. The molecule has 1 amide bonds. The number of hydrogen-bond acceptors (Lipinski definition) is 9. The molecule has 1 unspecified atom stereocenters. The van der Waals surface area contributed by atoms with Gasteiger partial charge in [0.1, 0.15) is 22.9 Å². The molecule has 6 rings (SSSR count). The van der Waals surface area contributed by atoms with Crippen LogP contribution in [0.1, 0.15) is 23.7 Å². The largest absolute Gasteiger partial charge is 0.616 e. The lowest BCUT2D eigenvalue weighted by Gasteiger charge is -2.39. The van der Waals surface area contributed by atoms with Crippen molar-refractivity contribution in [2.45, 2.75) is 25.0 Å². The van der Waals surface area contributed by atoms with Crippen LogP contribution in [0.3, 0.4) is 0 Å². The molecule has 3 fully saturated rings. The van der Waals surface area contributed by atoms with E-state index >= 15 is 0 Å². The number of amides is 1. The van der Waals surface area contributed by atoms with E-state index in [2.05, 4.69) is 22.0 Å². The van der Waals surface area contributed by atoms with E-state index in [1.807, 2.05) is 30.3 Å². The van der Waals surface area contributed by atoms with E-state index in [1.54, 1.807) is 13.1 Å². The van der Waals surface area contributed by atoms with Crippen molar-refractivity contribution in [2.75, 3.05) is 67.8 Å². The minimum absolute atomic E-state index is 0.144. The number of aromatic nitrogens is 3. The first-order valence-electron chi connectivity index (χ1n) is 13.0. The van der Waals surface area contributed by atoms with Gasteiger partial charge in [-0.3, -0.25) is 4.79 Å². The molecule has 3 aliphatic rings. The number of carbonyl (C=O) groups excluding carboxylic acids is 1. The van der Waals surface area contributed by atoms with Crippen LogP contribution >= 0.6 is 0 Å². The second-order valence-corrected chi connectivity index (χ2v) is 11.8. The number of pyridine rings is 1. The molecular formula is C27H32N6O4S. The highest BCUT2D eigenvalue weighted by molar-refractivity contribution is 7.91. The number of fused-ring (bicyclic) bond motifs is 1. The summed E-state index contributed by atoms with van der Waals surface area (Å²) in [6, 6.07) is 11.6. The number of benzene rings is 1. The van der Waals surface area contributed by atoms with Crippen molar-refractivity contribution in [1.82, 2.24) is 20.3 Å². The van der Waals surface area contributed by atoms with Crippen LogP contribution in [0.15, 0.2) is 36.4 Å². The zero-order valence-corrected chi connectivity index (χ0v) is 22.5. The Labute approximate surface area is 224 Å². The van der Waals surface area contributed by atoms with Crippen LogP contribution in [0, 0.1) is 0 Å². The SMILES string of the molecule is CNC(=O)c1cccc(-c2ccc3c(N4CCOC[C@@H]4C)nc(N4CCO[C@@]5(CC[S+]([O-])C5)C4)nc3n2)c1. The molecule has 38 heavy (non-hydrogen) atoms. The Bertz CT molecular complexity index is 1350. The fourth-order valence-electron chi connectivity index (χ4n) is 5.50. The Morgan fingerprint density at radius 2 is 2.08 bits per heavy atom. The van der Waals surface area contributed by atoms with Gasteiger partial charge in [0.05, 0.1) is 43.5 Å². The summed E-state index contributed by atoms with van der Waals surface area (Å²) >= 11 is -0.852. The number of ether oxygens (including phenoxy) is 2. The van der Waals surface area contributed by atoms with Gasteiger partial charge in [-0.15, -0.1) is 0 Å². The van der Waals surface area contributed by atoms with Gasteiger partial charge in [-0.05, 0) is 31.2 Å². The van der Waals surface area contributed by atoms with Gasteiger partial charge in [-0.2, -0.15) is 9.97 Å². The van der Waals surface area contributed by atoms with E-state index in [-0.39, 0.29) is 11.9 Å². The molecule has 0 radical (unpaired) electrons. The third-order valence-electron chi connectivity index (χ3n) is 7.56. The highest BCUT2D eigenvalue weighted by Crippen LogP contribution is 2.35. The summed E-state index contributed by atoms with van der Waals surface area (Å²) in [5.41, 5.74) is 2.34. The van der Waals surface area contributed by atoms with Crippen LogP contribution in [0.25, 0.3) is 22.3 Å². The lowest BCUT2D eigenvalue weighted by atomic mass is 10.0. The Morgan fingerprint density at radius 1 is 1.18 bits per heavy atom. The molecule has 11 heteroatoms.